The molecule has 1 fully saturated rings. The van der Waals surface area contributed by atoms with Gasteiger partial charge in [0.25, 0.3) is 0 Å². The molecule has 0 radical (unpaired) electrons. The number of nitrogens with zero attached hydrogens (tertiary/aromatic N) is 4. The van der Waals surface area contributed by atoms with Crippen molar-refractivity contribution in [2.75, 3.05) is 52.5 Å². The first-order valence-corrected chi connectivity index (χ1v) is 15.3. The number of benzene rings is 1. The molecule has 8 nitrogen and oxygen atoms in total. The second-order valence-corrected chi connectivity index (χ2v) is 13.3. The number of pyridine rings is 1. The van der Waals surface area contributed by atoms with E-state index in [0.29, 0.717) is 49.5 Å². The Kier molecular flexibility index (Phi) is 10.4. The fourth-order valence-electron chi connectivity index (χ4n) is 4.61. The quantitative estimate of drug-likeness (QED) is 0.109. The van der Waals surface area contributed by atoms with Crippen LogP contribution in [0.15, 0.2) is 52.9 Å². The van der Waals surface area contributed by atoms with Crippen LogP contribution < -0.4 is 15.2 Å². The van der Waals surface area contributed by atoms with Gasteiger partial charge in [0.2, 0.25) is 0 Å². The predicted molar refractivity (Wildman–Crippen MR) is 162 cm³/mol. The van der Waals surface area contributed by atoms with Crippen molar-refractivity contribution in [1.82, 2.24) is 9.88 Å². The lowest BCUT2D eigenvalue weighted by molar-refractivity contribution is 0.0809. The van der Waals surface area contributed by atoms with E-state index in [0.717, 1.165) is 13.1 Å². The maximum atomic E-state index is 9.84. The van der Waals surface area contributed by atoms with Crippen LogP contribution in [0, 0.1) is 22.2 Å². The summed E-state index contributed by atoms with van der Waals surface area (Å²) in [6, 6.07) is 5.46. The van der Waals surface area contributed by atoms with E-state index in [1.165, 1.54) is 31.9 Å². The first-order chi connectivity index (χ1) is 18.5. The molecular weight excluding hydrogens is 554 g/mol. The Morgan fingerprint density at radius 3 is 2.51 bits per heavy atom. The Morgan fingerprint density at radius 1 is 1.28 bits per heavy atom. The molecule has 0 saturated carbocycles. The van der Waals surface area contributed by atoms with Crippen LogP contribution >= 0.6 is 31.1 Å². The molecule has 39 heavy (non-hydrogen) atoms. The molecule has 0 unspecified atom stereocenters. The number of hydrogen-bond acceptors (Lipinski definition) is 8. The molecule has 0 atom stereocenters. The first kappa shape index (κ1) is 30.4. The summed E-state index contributed by atoms with van der Waals surface area (Å²) in [6.45, 7) is 8.72. The number of hydrogen-bond donors (Lipinski definition) is 2. The summed E-state index contributed by atoms with van der Waals surface area (Å²) >= 11 is 12.5. The lowest BCUT2D eigenvalue weighted by atomic mass is 9.84. The zero-order chi connectivity index (χ0) is 28.7. The van der Waals surface area contributed by atoms with Crippen molar-refractivity contribution in [1.29, 1.82) is 10.7 Å². The SMILES string of the molecule is CN=C/C(=C\C(C#N)=C\N1CC(C)(CP(C)C)C1)C(=N)c1cc(OCc2c(Cl)cncc2Cl)c(OC)cc1N. The van der Waals surface area contributed by atoms with Crippen LogP contribution in [0.2, 0.25) is 10.0 Å². The van der Waals surface area contributed by atoms with Gasteiger partial charge in [-0.15, -0.1) is 7.92 Å². The summed E-state index contributed by atoms with van der Waals surface area (Å²) in [5, 5.41) is 19.5. The molecule has 1 aromatic heterocycles. The van der Waals surface area contributed by atoms with Crippen LogP contribution in [0.4, 0.5) is 5.69 Å². The number of anilines is 1. The molecule has 3 rings (SSSR count). The van der Waals surface area contributed by atoms with Gasteiger partial charge in [0.05, 0.1) is 28.4 Å². The van der Waals surface area contributed by atoms with E-state index in [2.05, 4.69) is 41.2 Å². The highest BCUT2D eigenvalue weighted by atomic mass is 35.5. The van der Waals surface area contributed by atoms with Gasteiger partial charge in [-0.2, -0.15) is 5.26 Å². The Bertz CT molecular complexity index is 1340. The molecule has 0 amide bonds. The van der Waals surface area contributed by atoms with Crippen LogP contribution in [0.5, 0.6) is 11.5 Å². The molecule has 0 bridgehead atoms. The highest BCUT2D eigenvalue weighted by molar-refractivity contribution is 7.56. The van der Waals surface area contributed by atoms with E-state index in [4.69, 9.17) is 43.8 Å². The fraction of sp³-hybridized carbons (Fsp3) is 0.357. The molecule has 206 valence electrons. The van der Waals surface area contributed by atoms with Gasteiger partial charge in [0, 0.05) is 78.8 Å². The molecule has 2 heterocycles. The Hall–Kier alpha value is -3.11. The van der Waals surface area contributed by atoms with Gasteiger partial charge < -0.3 is 20.1 Å². The second kappa shape index (κ2) is 13.3. The average Bonchev–Trinajstić information content (AvgIpc) is 2.86. The van der Waals surface area contributed by atoms with E-state index >= 15 is 0 Å². The molecule has 3 N–H and O–H groups in total. The third-order valence-corrected chi connectivity index (χ3v) is 8.16. The van der Waals surface area contributed by atoms with Crippen molar-refractivity contribution >= 4 is 48.7 Å². The van der Waals surface area contributed by atoms with Crippen molar-refractivity contribution in [2.24, 2.45) is 10.4 Å². The number of aliphatic imine (C=N–C) groups is 1. The van der Waals surface area contributed by atoms with E-state index in [1.807, 2.05) is 6.20 Å². The number of halogens is 2. The molecule has 11 heteroatoms. The molecule has 1 aromatic carbocycles. The number of rotatable bonds is 11. The third kappa shape index (κ3) is 7.73. The zero-order valence-electron chi connectivity index (χ0n) is 22.8. The number of nitrogens with two attached hydrogens (primary N) is 1. The van der Waals surface area contributed by atoms with Crippen LogP contribution in [-0.2, 0) is 6.61 Å². The normalized spacial score (nSPS) is 15.3. The number of aromatic nitrogens is 1. The lowest BCUT2D eigenvalue weighted by Crippen LogP contribution is -2.53. The number of nitriles is 1. The van der Waals surface area contributed by atoms with Crippen molar-refractivity contribution < 1.29 is 9.47 Å². The topological polar surface area (TPSA) is 121 Å². The molecule has 0 spiro atoms. The molecule has 1 aliphatic heterocycles. The maximum Gasteiger partial charge on any atom is 0.162 e. The van der Waals surface area contributed by atoms with Crippen LogP contribution in [0.1, 0.15) is 18.1 Å². The van der Waals surface area contributed by atoms with Gasteiger partial charge in [-0.25, -0.2) is 0 Å². The van der Waals surface area contributed by atoms with Gasteiger partial charge >= 0.3 is 0 Å². The smallest absolute Gasteiger partial charge is 0.162 e. The van der Waals surface area contributed by atoms with E-state index < -0.39 is 0 Å². The second-order valence-electron chi connectivity index (χ2n) is 9.97. The molecule has 1 aliphatic rings. The molecule has 2 aromatic rings. The molecular formula is C28H33Cl2N6O2P. The molecule has 1 saturated heterocycles. The van der Waals surface area contributed by atoms with Crippen LogP contribution in [0.3, 0.4) is 0 Å². The maximum absolute atomic E-state index is 9.84. The van der Waals surface area contributed by atoms with E-state index in [-0.39, 0.29) is 25.7 Å². The number of likely N-dealkylation sites (tertiary alicyclic amines) is 1. The summed E-state index contributed by atoms with van der Waals surface area (Å²) in [5.74, 6) is 0.743. The monoisotopic (exact) mass is 586 g/mol. The minimum atomic E-state index is 0.0146. The zero-order valence-corrected chi connectivity index (χ0v) is 25.2. The standard InChI is InChI=1S/C28H33Cl2N6O2P/c1-28(17-39(4)5)15-36(16-28)13-18(9-31)6-19(10-34-2)27(33)20-7-26(25(37-3)8-24(20)32)38-14-21-22(29)11-35-12-23(21)30/h6-8,10-13,33H,14-17,32H2,1-5H3/b18-13-,19-6+,33-27?,34-10?. The Labute approximate surface area is 241 Å². The van der Waals surface area contributed by atoms with E-state index in [1.54, 1.807) is 25.3 Å². The van der Waals surface area contributed by atoms with Crippen LogP contribution in [0.25, 0.3) is 0 Å². The van der Waals surface area contributed by atoms with Crippen LogP contribution in [-0.4, -0.2) is 68.5 Å². The van der Waals surface area contributed by atoms with Crippen molar-refractivity contribution in [3.8, 4) is 17.6 Å². The number of allylic oxidation sites excluding steroid dienone is 3. The first-order valence-electron chi connectivity index (χ1n) is 12.1. The van der Waals surface area contributed by atoms with E-state index in [9.17, 15) is 5.26 Å². The Morgan fingerprint density at radius 2 is 1.95 bits per heavy atom. The summed E-state index contributed by atoms with van der Waals surface area (Å²) < 4.78 is 11.4. The minimum absolute atomic E-state index is 0.0146. The summed E-state index contributed by atoms with van der Waals surface area (Å²) in [7, 11) is 3.13. The number of ether oxygens (including phenoxy) is 2. The van der Waals surface area contributed by atoms with Gasteiger partial charge in [-0.3, -0.25) is 15.4 Å². The predicted octanol–water partition coefficient (Wildman–Crippen LogP) is 6.02. The van der Waals surface area contributed by atoms with Gasteiger partial charge in [0.15, 0.2) is 11.5 Å². The highest BCUT2D eigenvalue weighted by Gasteiger charge is 2.37. The highest BCUT2D eigenvalue weighted by Crippen LogP contribution is 2.41. The van der Waals surface area contributed by atoms with Crippen molar-refractivity contribution in [3.05, 3.63) is 69.1 Å². The number of nitrogens with one attached hydrogen (secondary N) is 1. The van der Waals surface area contributed by atoms with Crippen molar-refractivity contribution in [2.45, 2.75) is 13.5 Å². The van der Waals surface area contributed by atoms with Gasteiger partial charge in [-0.1, -0.05) is 30.1 Å². The number of nitrogen functional groups attached to an aromatic ring is 1. The summed E-state index contributed by atoms with van der Waals surface area (Å²) in [4.78, 5) is 10.2. The largest absolute Gasteiger partial charge is 0.493 e. The minimum Gasteiger partial charge on any atom is -0.493 e. The van der Waals surface area contributed by atoms with Gasteiger partial charge in [0.1, 0.15) is 12.7 Å². The van der Waals surface area contributed by atoms with Crippen molar-refractivity contribution in [3.63, 3.8) is 0 Å². The third-order valence-electron chi connectivity index (χ3n) is 6.12. The lowest BCUT2D eigenvalue weighted by Gasteiger charge is -2.49. The average molecular weight is 587 g/mol. The van der Waals surface area contributed by atoms with Gasteiger partial charge in [-0.05, 0) is 31.6 Å². The Balaban J connectivity index is 1.89. The fourth-order valence-corrected chi connectivity index (χ4v) is 6.81. The summed E-state index contributed by atoms with van der Waals surface area (Å²) in [5.41, 5.74) is 8.82. The summed E-state index contributed by atoms with van der Waals surface area (Å²) in [6.07, 6.45) is 9.21. The molecule has 0 aliphatic carbocycles. The number of methoxy groups -OCH3 is 1.